The Balaban J connectivity index is 0.000000260. The number of Topliss-reactive ketones (excluding diaryl/α,β-unsaturated/α-hetero) is 3. The van der Waals surface area contributed by atoms with Crippen molar-refractivity contribution in [2.24, 2.45) is 29.4 Å². The number of rotatable bonds is 41. The summed E-state index contributed by atoms with van der Waals surface area (Å²) in [4.78, 5) is 175. The third kappa shape index (κ3) is 26.1. The number of aromatic hydroxyl groups is 4. The van der Waals surface area contributed by atoms with Crippen LogP contribution >= 0.6 is 12.2 Å². The van der Waals surface area contributed by atoms with Gasteiger partial charge in [-0.05, 0) is 213 Å². The van der Waals surface area contributed by atoms with E-state index >= 15 is 0 Å². The molecule has 8 aromatic rings. The second-order valence-electron chi connectivity index (χ2n) is 34.6. The summed E-state index contributed by atoms with van der Waals surface area (Å²) in [5.41, 5.74) is 11.1. The molecular formula is C101H116N10O23S. The number of carboxylic acid groups (broad SMARTS) is 1. The van der Waals surface area contributed by atoms with E-state index in [1.807, 2.05) is 57.2 Å². The first-order valence-electron chi connectivity index (χ1n) is 45.0. The number of anilines is 2. The highest BCUT2D eigenvalue weighted by atomic mass is 32.1. The van der Waals surface area contributed by atoms with Crippen molar-refractivity contribution < 1.29 is 107 Å². The molecule has 15 N–H and O–H groups in total. The monoisotopic (exact) mass is 1870 g/mol. The van der Waals surface area contributed by atoms with Crippen molar-refractivity contribution in [1.82, 2.24) is 36.8 Å². The Hall–Kier alpha value is -14.4. The zero-order valence-corrected chi connectivity index (χ0v) is 77.4. The Morgan fingerprint density at radius 1 is 0.585 bits per heavy atom. The molecule has 34 heteroatoms. The molecule has 714 valence electrons. The standard InChI is InChI=1S/C57H66N2O10.C44H50N8O13S/c1-34(2)27-48(59-57(66)41(28-38-16-21-43(60)22-17-38)30-49(62)36(4)13-15-37-11-9-8-10-12-37)50(63)31-42(29-39-18-23-44(61)24-19-39)56(65)58-47-26-25-45-46(33-51(47)64)35(3)14-20-40-32-52(67-5)54(68-6)55(69-7)53(40)45;1-46-36(56)14-13-33(55)30(4-2-17-47-42(45)63)51-39(60)32-5-3-19-52(32)40(61)31(12-15-38(58)59)50-37(57)16-18-48-43(66)49-23-6-9-27-26(20-23)41(62)65-44(27)28-10-7-24(53)21-34(28)64-35-22-25(54)8-11-29(35)44/h8-12,16-19,21-26,32-36,41-42,48,60-61H,13-15,20,27-31H2,1-7H3,(H,59,66)(H,58,64,65);6-11,20-22,30-32,53-54H,2-5,12-19H2,1H3,(H,46,56)(H,50,57)(H,51,60)(H,58,59)(H3,45,47,63)(H2,48,49,66)/t35-,36-,41+,42+,48-;30-,31-,32-/m00/s1. The number of fused-ring (bicyclic) bond motifs is 9. The van der Waals surface area contributed by atoms with Gasteiger partial charge in [-0.3, -0.25) is 52.7 Å². The van der Waals surface area contributed by atoms with Crippen molar-refractivity contribution >= 4 is 99.5 Å². The molecule has 0 saturated carbocycles. The number of thiocarbonyl (C=S) groups is 1. The van der Waals surface area contributed by atoms with Gasteiger partial charge in [0.15, 0.2) is 33.8 Å². The number of nitrogens with zero attached hydrogens (tertiary/aromatic N) is 1. The number of aryl methyl sites for hydroxylation is 2. The van der Waals surface area contributed by atoms with Crippen LogP contribution in [-0.2, 0) is 84.0 Å². The molecule has 8 aromatic carbocycles. The summed E-state index contributed by atoms with van der Waals surface area (Å²) in [5, 5.41) is 71.8. The Morgan fingerprint density at radius 3 is 1.83 bits per heavy atom. The van der Waals surface area contributed by atoms with Gasteiger partial charge in [-0.25, -0.2) is 9.59 Å². The van der Waals surface area contributed by atoms with E-state index in [1.165, 1.54) is 67.6 Å². The maximum absolute atomic E-state index is 14.6. The number of carbonyl (C=O) groups excluding carboxylic acids is 11. The number of carbonyl (C=O) groups is 12. The van der Waals surface area contributed by atoms with Crippen LogP contribution in [0.1, 0.15) is 178 Å². The third-order valence-electron chi connectivity index (χ3n) is 24.6. The summed E-state index contributed by atoms with van der Waals surface area (Å²) >= 11 is 5.46. The largest absolute Gasteiger partial charge is 0.508 e. The van der Waals surface area contributed by atoms with Gasteiger partial charge in [0.2, 0.25) is 46.6 Å². The molecule has 1 fully saturated rings. The summed E-state index contributed by atoms with van der Waals surface area (Å²) in [6, 6.07) is 38.2. The maximum atomic E-state index is 14.6. The molecule has 12 rings (SSSR count). The maximum Gasteiger partial charge on any atom is 0.340 e. The third-order valence-corrected chi connectivity index (χ3v) is 24.8. The number of benzene rings is 7. The van der Waals surface area contributed by atoms with Gasteiger partial charge in [-0.2, -0.15) is 0 Å². The Morgan fingerprint density at radius 2 is 1.21 bits per heavy atom. The number of methoxy groups -OCH3 is 3. The highest BCUT2D eigenvalue weighted by Crippen LogP contribution is 2.58. The normalized spacial score (nSPS) is 15.3. The molecule has 8 atom stereocenters. The number of phenolic OH excluding ortho intramolecular Hbond substituents is 4. The molecule has 4 aliphatic rings. The van der Waals surface area contributed by atoms with Crippen LogP contribution in [-0.4, -0.2) is 178 Å². The van der Waals surface area contributed by atoms with Crippen molar-refractivity contribution in [1.29, 1.82) is 0 Å². The van der Waals surface area contributed by atoms with Crippen LogP contribution < -0.4 is 72.6 Å². The lowest BCUT2D eigenvalue weighted by atomic mass is 9.77. The average Bonchev–Trinajstić information content (AvgIpc) is 1.54. The quantitative estimate of drug-likeness (QED) is 0.00961. The van der Waals surface area contributed by atoms with E-state index in [-0.39, 0.29) is 183 Å². The second kappa shape index (κ2) is 46.8. The molecule has 1 aliphatic carbocycles. The van der Waals surface area contributed by atoms with Gasteiger partial charge in [0.25, 0.3) is 0 Å². The van der Waals surface area contributed by atoms with E-state index in [4.69, 9.17) is 41.6 Å². The Labute approximate surface area is 786 Å². The summed E-state index contributed by atoms with van der Waals surface area (Å²) in [5.74, 6) is -6.46. The van der Waals surface area contributed by atoms with Crippen LogP contribution in [0.3, 0.4) is 0 Å². The molecule has 1 saturated heterocycles. The number of likely N-dealkylation sites (tertiary alicyclic amines) is 1. The minimum Gasteiger partial charge on any atom is -0.508 e. The fourth-order valence-electron chi connectivity index (χ4n) is 17.4. The molecular weight excluding hydrogens is 1750 g/mol. The summed E-state index contributed by atoms with van der Waals surface area (Å²) in [6.45, 7) is 8.02. The van der Waals surface area contributed by atoms with E-state index in [2.05, 4.69) is 49.5 Å². The Kier molecular flexibility index (Phi) is 35.0. The van der Waals surface area contributed by atoms with Crippen LogP contribution in [0.5, 0.6) is 51.7 Å². The number of aliphatic carboxylic acids is 1. The highest BCUT2D eigenvalue weighted by Gasteiger charge is 2.54. The number of esters is 1. The van der Waals surface area contributed by atoms with Gasteiger partial charge >= 0.3 is 18.0 Å². The van der Waals surface area contributed by atoms with Crippen LogP contribution in [0.15, 0.2) is 163 Å². The predicted octanol–water partition coefficient (Wildman–Crippen LogP) is 11.3. The minimum atomic E-state index is -1.46. The lowest BCUT2D eigenvalue weighted by molar-refractivity contribution is -0.143. The summed E-state index contributed by atoms with van der Waals surface area (Å²) < 4.78 is 29.4. The van der Waals surface area contributed by atoms with E-state index in [0.29, 0.717) is 70.9 Å². The van der Waals surface area contributed by atoms with Crippen LogP contribution in [0.2, 0.25) is 0 Å². The number of carboxylic acids is 1. The number of urea groups is 1. The van der Waals surface area contributed by atoms with Gasteiger partial charge in [-0.1, -0.05) is 94.4 Å². The first-order chi connectivity index (χ1) is 64.6. The number of hydrogen-bond donors (Lipinski definition) is 14. The summed E-state index contributed by atoms with van der Waals surface area (Å²) in [6.07, 6.45) is 2.75. The molecule has 3 heterocycles. The van der Waals surface area contributed by atoms with Gasteiger partial charge in [0.1, 0.15) is 52.4 Å². The number of amides is 8. The zero-order chi connectivity index (χ0) is 97.5. The number of phenols is 4. The molecule has 0 bridgehead atoms. The fourth-order valence-corrected chi connectivity index (χ4v) is 17.6. The van der Waals surface area contributed by atoms with Crippen LogP contribution in [0, 0.1) is 23.7 Å². The highest BCUT2D eigenvalue weighted by molar-refractivity contribution is 7.80. The number of hydrogen-bond acceptors (Lipinski definition) is 23. The predicted molar refractivity (Wildman–Crippen MR) is 506 cm³/mol. The zero-order valence-electron chi connectivity index (χ0n) is 76.6. The smallest absolute Gasteiger partial charge is 0.340 e. The Bertz CT molecular complexity index is 5750. The van der Waals surface area contributed by atoms with Crippen molar-refractivity contribution in [3.8, 4) is 62.9 Å². The number of nitrogens with one attached hydrogen (secondary N) is 8. The van der Waals surface area contributed by atoms with Crippen molar-refractivity contribution in [3.63, 3.8) is 0 Å². The first-order valence-corrected chi connectivity index (χ1v) is 45.4. The number of ketones is 3. The van der Waals surface area contributed by atoms with Crippen LogP contribution in [0.25, 0.3) is 11.1 Å². The lowest BCUT2D eigenvalue weighted by Gasteiger charge is -2.36. The van der Waals surface area contributed by atoms with Gasteiger partial charge in [0, 0.05) is 123 Å². The molecule has 33 nitrogen and oxygen atoms in total. The molecule has 0 unspecified atom stereocenters. The fraction of sp³-hybridized carbons (Fsp3) is 0.386. The van der Waals surface area contributed by atoms with E-state index < -0.39 is 107 Å². The molecule has 1 spiro atoms. The number of primary amides is 1. The van der Waals surface area contributed by atoms with E-state index in [0.717, 1.165) is 39.8 Å². The second-order valence-corrected chi connectivity index (χ2v) is 35.0. The number of nitrogens with two attached hydrogens (primary N) is 1. The molecule has 0 radical (unpaired) electrons. The average molecular weight is 1870 g/mol. The van der Waals surface area contributed by atoms with Crippen LogP contribution in [0.4, 0.5) is 16.2 Å². The minimum absolute atomic E-state index is 0.0243. The lowest BCUT2D eigenvalue weighted by Crippen LogP contribution is -2.55. The first kappa shape index (κ1) is 101. The molecule has 3 aliphatic heterocycles. The van der Waals surface area contributed by atoms with Gasteiger partial charge in [-0.15, -0.1) is 0 Å². The molecule has 0 aromatic heterocycles. The molecule has 135 heavy (non-hydrogen) atoms. The molecule has 8 amide bonds. The topological polar surface area (TPSA) is 495 Å². The van der Waals surface area contributed by atoms with Gasteiger partial charge < -0.3 is 102 Å². The van der Waals surface area contributed by atoms with E-state index in [9.17, 15) is 87.9 Å². The van der Waals surface area contributed by atoms with Crippen molar-refractivity contribution in [2.75, 3.05) is 58.6 Å². The van der Waals surface area contributed by atoms with Crippen molar-refractivity contribution in [2.45, 2.75) is 179 Å². The van der Waals surface area contributed by atoms with E-state index in [1.54, 1.807) is 87.0 Å². The van der Waals surface area contributed by atoms with Gasteiger partial charge in [0.05, 0.1) is 44.7 Å². The van der Waals surface area contributed by atoms with Crippen molar-refractivity contribution in [3.05, 3.63) is 218 Å². The summed E-state index contributed by atoms with van der Waals surface area (Å²) in [7, 11) is 6.08. The number of ether oxygens (including phenoxy) is 5. The SMILES string of the molecule is CNC(=O)CCC(=O)[C@H](CCCNC(N)=O)NC(=O)[C@@H]1CCCN1C(=O)[C@H](CCC(=O)O)NC(=O)CCNC(=S)Nc1ccc2c(c1)C(=O)OC21c2ccc(O)cc2Oc2cc(O)ccc21.COc1cc2c(c(OC)c1OC)-c1ccc(NC(=O)[C@@H](CC(=O)[C@H](CC(C)C)NC(=O)[C@@H](CC(=O)[C@@H](C)CCc3ccccc3)Cc3ccc(O)cc3)Cc3ccc(O)cc3)c(=O)cc1[C@@H](C)CC2.